The number of aryl methyl sites for hydroxylation is 1. The molecule has 0 N–H and O–H groups in total. The Morgan fingerprint density at radius 2 is 1.55 bits per heavy atom. The van der Waals surface area contributed by atoms with Crippen LogP contribution in [0.2, 0.25) is 0 Å². The van der Waals surface area contributed by atoms with Crippen molar-refractivity contribution in [2.45, 2.75) is 19.2 Å². The molecule has 0 atom stereocenters. The van der Waals surface area contributed by atoms with Crippen LogP contribution < -0.4 is 4.90 Å². The lowest BCUT2D eigenvalue weighted by Gasteiger charge is -2.20. The van der Waals surface area contributed by atoms with Crippen LogP contribution in [0.5, 0.6) is 0 Å². The molecule has 0 unspecified atom stereocenters. The third kappa shape index (κ3) is 5.18. The third-order valence-electron chi connectivity index (χ3n) is 4.90. The summed E-state index contributed by atoms with van der Waals surface area (Å²) in [5.41, 5.74) is 3.43. The molecule has 3 aromatic carbocycles. The van der Waals surface area contributed by atoms with E-state index in [2.05, 4.69) is 4.98 Å². The highest BCUT2D eigenvalue weighted by Gasteiger charge is 2.26. The van der Waals surface area contributed by atoms with Gasteiger partial charge in [-0.25, -0.2) is 13.4 Å². The summed E-state index contributed by atoms with van der Waals surface area (Å²) >= 11 is 1.40. The Bertz CT molecular complexity index is 1300. The second-order valence-corrected chi connectivity index (χ2v) is 10.5. The minimum absolute atomic E-state index is 0.169. The van der Waals surface area contributed by atoms with Crippen LogP contribution in [-0.4, -0.2) is 25.1 Å². The van der Waals surface area contributed by atoms with Crippen molar-refractivity contribution in [3.8, 4) is 0 Å². The van der Waals surface area contributed by atoms with Crippen LogP contribution in [0.25, 0.3) is 10.2 Å². The Hall–Kier alpha value is -3.03. The van der Waals surface area contributed by atoms with E-state index >= 15 is 0 Å². The standard InChI is InChI=1S/C24H22N2O3S2/c1-18-9-8-14-21-23(18)25-24(30-21)26(15-19-10-4-2-5-11-19)22(27)17-31(28,29)16-20-12-6-3-7-13-20/h2-14H,15-17H2,1H3. The molecule has 0 radical (unpaired) electrons. The number of benzene rings is 3. The number of anilines is 1. The monoisotopic (exact) mass is 450 g/mol. The lowest BCUT2D eigenvalue weighted by atomic mass is 10.2. The molecule has 0 saturated heterocycles. The van der Waals surface area contributed by atoms with E-state index in [1.165, 1.54) is 16.2 Å². The predicted molar refractivity (Wildman–Crippen MR) is 126 cm³/mol. The van der Waals surface area contributed by atoms with Gasteiger partial charge in [0.1, 0.15) is 5.75 Å². The average molecular weight is 451 g/mol. The van der Waals surface area contributed by atoms with Gasteiger partial charge >= 0.3 is 0 Å². The molecular formula is C24H22N2O3S2. The van der Waals surface area contributed by atoms with E-state index in [0.29, 0.717) is 10.7 Å². The fraction of sp³-hybridized carbons (Fsp3) is 0.167. The van der Waals surface area contributed by atoms with Crippen LogP contribution in [-0.2, 0) is 26.9 Å². The van der Waals surface area contributed by atoms with Gasteiger partial charge in [0, 0.05) is 0 Å². The van der Waals surface area contributed by atoms with Crippen LogP contribution in [0, 0.1) is 6.92 Å². The number of nitrogens with zero attached hydrogens (tertiary/aromatic N) is 2. The van der Waals surface area contributed by atoms with Crippen molar-refractivity contribution >= 4 is 42.4 Å². The Kier molecular flexibility index (Phi) is 6.15. The number of carbonyl (C=O) groups is 1. The maximum Gasteiger partial charge on any atom is 0.244 e. The van der Waals surface area contributed by atoms with Gasteiger partial charge in [0.2, 0.25) is 5.91 Å². The molecule has 0 fully saturated rings. The van der Waals surface area contributed by atoms with Gasteiger partial charge in [-0.15, -0.1) is 0 Å². The Morgan fingerprint density at radius 1 is 0.903 bits per heavy atom. The molecule has 0 aliphatic rings. The van der Waals surface area contributed by atoms with E-state index in [4.69, 9.17) is 0 Å². The molecule has 0 bridgehead atoms. The molecule has 0 aliphatic carbocycles. The zero-order valence-electron chi connectivity index (χ0n) is 17.1. The largest absolute Gasteiger partial charge is 0.283 e. The van der Waals surface area contributed by atoms with Crippen LogP contribution in [0.15, 0.2) is 78.9 Å². The van der Waals surface area contributed by atoms with E-state index in [1.54, 1.807) is 24.3 Å². The van der Waals surface area contributed by atoms with Crippen molar-refractivity contribution in [3.05, 3.63) is 95.6 Å². The first-order chi connectivity index (χ1) is 14.9. The van der Waals surface area contributed by atoms with Crippen molar-refractivity contribution < 1.29 is 13.2 Å². The van der Waals surface area contributed by atoms with Crippen molar-refractivity contribution in [2.24, 2.45) is 0 Å². The van der Waals surface area contributed by atoms with Crippen molar-refractivity contribution in [1.82, 2.24) is 4.98 Å². The predicted octanol–water partition coefficient (Wildman–Crippen LogP) is 4.75. The second kappa shape index (κ2) is 8.99. The molecular weight excluding hydrogens is 428 g/mol. The normalized spacial score (nSPS) is 11.5. The first kappa shape index (κ1) is 21.2. The van der Waals surface area contributed by atoms with Crippen LogP contribution in [0.4, 0.5) is 5.13 Å². The SMILES string of the molecule is Cc1cccc2sc(N(Cc3ccccc3)C(=O)CS(=O)(=O)Cc3ccccc3)nc12. The van der Waals surface area contributed by atoms with E-state index < -0.39 is 21.5 Å². The molecule has 4 aromatic rings. The number of carbonyl (C=O) groups excluding carboxylic acids is 1. The molecule has 1 aromatic heterocycles. The maximum atomic E-state index is 13.2. The smallest absolute Gasteiger partial charge is 0.244 e. The minimum atomic E-state index is -3.63. The second-order valence-electron chi connectivity index (χ2n) is 7.40. The lowest BCUT2D eigenvalue weighted by molar-refractivity contribution is -0.116. The van der Waals surface area contributed by atoms with Gasteiger partial charge in [0.15, 0.2) is 15.0 Å². The van der Waals surface area contributed by atoms with Crippen LogP contribution in [0.1, 0.15) is 16.7 Å². The highest BCUT2D eigenvalue weighted by molar-refractivity contribution is 7.91. The zero-order chi connectivity index (χ0) is 21.8. The molecule has 31 heavy (non-hydrogen) atoms. The summed E-state index contributed by atoms with van der Waals surface area (Å²) in [4.78, 5) is 19.4. The molecule has 0 spiro atoms. The molecule has 1 amide bonds. The molecule has 0 saturated carbocycles. The van der Waals surface area contributed by atoms with Gasteiger partial charge in [0.05, 0.1) is 22.5 Å². The fourth-order valence-electron chi connectivity index (χ4n) is 3.36. The van der Waals surface area contributed by atoms with Crippen molar-refractivity contribution in [3.63, 3.8) is 0 Å². The van der Waals surface area contributed by atoms with E-state index in [-0.39, 0.29) is 12.3 Å². The first-order valence-electron chi connectivity index (χ1n) is 9.86. The number of hydrogen-bond donors (Lipinski definition) is 0. The van der Waals surface area contributed by atoms with Gasteiger partial charge < -0.3 is 0 Å². The van der Waals surface area contributed by atoms with Crippen LogP contribution >= 0.6 is 11.3 Å². The van der Waals surface area contributed by atoms with Crippen LogP contribution in [0.3, 0.4) is 0 Å². The summed E-state index contributed by atoms with van der Waals surface area (Å²) in [6.07, 6.45) is 0. The van der Waals surface area contributed by atoms with Crippen molar-refractivity contribution in [1.29, 1.82) is 0 Å². The molecule has 4 rings (SSSR count). The lowest BCUT2D eigenvalue weighted by Crippen LogP contribution is -2.35. The van der Waals surface area contributed by atoms with Gasteiger partial charge in [-0.3, -0.25) is 9.69 Å². The number of aromatic nitrogens is 1. The number of thiazole rings is 1. The molecule has 1 heterocycles. The molecule has 5 nitrogen and oxygen atoms in total. The number of amides is 1. The average Bonchev–Trinajstić information content (AvgIpc) is 3.18. The summed E-state index contributed by atoms with van der Waals surface area (Å²) in [7, 11) is -3.63. The third-order valence-corrected chi connectivity index (χ3v) is 7.40. The number of para-hydroxylation sites is 1. The quantitative estimate of drug-likeness (QED) is 0.407. The number of fused-ring (bicyclic) bond motifs is 1. The summed E-state index contributed by atoms with van der Waals surface area (Å²) in [6, 6.07) is 24.3. The van der Waals surface area contributed by atoms with Gasteiger partial charge in [-0.05, 0) is 29.7 Å². The number of sulfone groups is 1. The van der Waals surface area contributed by atoms with E-state index in [1.807, 2.05) is 61.5 Å². The van der Waals surface area contributed by atoms with Gasteiger partial charge in [-0.1, -0.05) is 84.1 Å². The minimum Gasteiger partial charge on any atom is -0.283 e. The fourth-order valence-corrected chi connectivity index (χ4v) is 5.76. The van der Waals surface area contributed by atoms with E-state index in [0.717, 1.165) is 21.3 Å². The Balaban J connectivity index is 1.64. The molecule has 7 heteroatoms. The number of hydrogen-bond acceptors (Lipinski definition) is 5. The molecule has 158 valence electrons. The summed E-state index contributed by atoms with van der Waals surface area (Å²) in [5, 5.41) is 0.507. The van der Waals surface area contributed by atoms with E-state index in [9.17, 15) is 13.2 Å². The molecule has 0 aliphatic heterocycles. The number of rotatable bonds is 7. The Morgan fingerprint density at radius 3 is 2.19 bits per heavy atom. The highest BCUT2D eigenvalue weighted by Crippen LogP contribution is 2.31. The summed E-state index contributed by atoms with van der Waals surface area (Å²) in [6.45, 7) is 2.24. The Labute approximate surface area is 185 Å². The summed E-state index contributed by atoms with van der Waals surface area (Å²) < 4.78 is 26.5. The van der Waals surface area contributed by atoms with Gasteiger partial charge in [0.25, 0.3) is 0 Å². The highest BCUT2D eigenvalue weighted by atomic mass is 32.2. The zero-order valence-corrected chi connectivity index (χ0v) is 18.7. The summed E-state index contributed by atoms with van der Waals surface area (Å²) in [5.74, 6) is -1.21. The van der Waals surface area contributed by atoms with Gasteiger partial charge in [-0.2, -0.15) is 0 Å². The first-order valence-corrected chi connectivity index (χ1v) is 12.5. The topological polar surface area (TPSA) is 67.3 Å². The maximum absolute atomic E-state index is 13.2. The van der Waals surface area contributed by atoms with Crippen molar-refractivity contribution in [2.75, 3.05) is 10.7 Å².